The van der Waals surface area contributed by atoms with Crippen molar-refractivity contribution in [3.63, 3.8) is 0 Å². The van der Waals surface area contributed by atoms with E-state index in [0.29, 0.717) is 43.8 Å². The van der Waals surface area contributed by atoms with Crippen LogP contribution in [0.5, 0.6) is 5.75 Å². The molecule has 0 aromatic heterocycles. The summed E-state index contributed by atoms with van der Waals surface area (Å²) < 4.78 is 19.8. The molecule has 1 aliphatic rings. The van der Waals surface area contributed by atoms with Crippen molar-refractivity contribution in [3.8, 4) is 5.75 Å². The van der Waals surface area contributed by atoms with E-state index < -0.39 is 0 Å². The van der Waals surface area contributed by atoms with Crippen molar-refractivity contribution in [1.29, 1.82) is 0 Å². The van der Waals surface area contributed by atoms with Crippen LogP contribution in [-0.2, 0) is 11.4 Å². The smallest absolute Gasteiger partial charge is 0.271 e. The maximum atomic E-state index is 13.7. The van der Waals surface area contributed by atoms with E-state index in [1.165, 1.54) is 23.9 Å². The van der Waals surface area contributed by atoms with Crippen LogP contribution < -0.4 is 9.64 Å². The molecular weight excluding hydrogens is 634 g/mol. The highest BCUT2D eigenvalue weighted by atomic mass is 79.9. The molecule has 5 rings (SSSR count). The van der Waals surface area contributed by atoms with Gasteiger partial charge in [-0.15, -0.1) is 0 Å². The van der Waals surface area contributed by atoms with Crippen molar-refractivity contribution in [3.05, 3.63) is 126 Å². The molecule has 0 saturated carbocycles. The van der Waals surface area contributed by atoms with Gasteiger partial charge in [0.2, 0.25) is 0 Å². The summed E-state index contributed by atoms with van der Waals surface area (Å²) in [6.07, 6.45) is 1.81. The van der Waals surface area contributed by atoms with Gasteiger partial charge in [-0.05, 0) is 118 Å². The molecule has 0 radical (unpaired) electrons. The van der Waals surface area contributed by atoms with Crippen molar-refractivity contribution in [2.24, 2.45) is 4.99 Å². The van der Waals surface area contributed by atoms with E-state index in [0.717, 1.165) is 26.7 Å². The molecule has 0 N–H and O–H groups in total. The number of hydrogen-bond acceptors (Lipinski definition) is 4. The van der Waals surface area contributed by atoms with Gasteiger partial charge in [-0.2, -0.15) is 0 Å². The number of ether oxygens (including phenoxy) is 1. The molecule has 4 aromatic carbocycles. The molecule has 202 valence electrons. The van der Waals surface area contributed by atoms with Crippen LogP contribution >= 0.6 is 50.9 Å². The molecule has 1 amide bonds. The van der Waals surface area contributed by atoms with Gasteiger partial charge in [0.25, 0.3) is 5.91 Å². The highest BCUT2D eigenvalue weighted by Gasteiger charge is 2.35. The molecule has 4 nitrogen and oxygen atoms in total. The van der Waals surface area contributed by atoms with Crippen LogP contribution in [0.1, 0.15) is 22.3 Å². The van der Waals surface area contributed by atoms with Gasteiger partial charge in [-0.25, -0.2) is 9.38 Å². The van der Waals surface area contributed by atoms with E-state index in [1.54, 1.807) is 29.2 Å². The van der Waals surface area contributed by atoms with Gasteiger partial charge in [0.1, 0.15) is 18.2 Å². The number of aryl methyl sites for hydroxylation is 2. The fourth-order valence-corrected chi connectivity index (χ4v) is 5.74. The molecule has 0 spiro atoms. The number of hydrogen-bond donors (Lipinski definition) is 0. The second-order valence-corrected chi connectivity index (χ2v) is 11.8. The molecule has 1 saturated heterocycles. The second kappa shape index (κ2) is 12.2. The number of aliphatic imine (C=N–C) groups is 1. The van der Waals surface area contributed by atoms with Gasteiger partial charge in [-0.1, -0.05) is 53.5 Å². The zero-order valence-corrected chi connectivity index (χ0v) is 25.3. The van der Waals surface area contributed by atoms with E-state index in [4.69, 9.17) is 32.9 Å². The third-order valence-electron chi connectivity index (χ3n) is 6.16. The van der Waals surface area contributed by atoms with Crippen LogP contribution in [0.25, 0.3) is 6.08 Å². The summed E-state index contributed by atoms with van der Waals surface area (Å²) in [7, 11) is 0. The molecule has 0 bridgehead atoms. The van der Waals surface area contributed by atoms with E-state index >= 15 is 0 Å². The molecule has 1 aliphatic heterocycles. The molecule has 40 heavy (non-hydrogen) atoms. The highest BCUT2D eigenvalue weighted by Crippen LogP contribution is 2.39. The van der Waals surface area contributed by atoms with Crippen LogP contribution in [0.15, 0.2) is 93.2 Å². The normalized spacial score (nSPS) is 15.3. The monoisotopic (exact) mass is 654 g/mol. The molecule has 0 unspecified atom stereocenters. The lowest BCUT2D eigenvalue weighted by atomic mass is 10.2. The predicted octanol–water partition coefficient (Wildman–Crippen LogP) is 9.90. The number of carbonyl (C=O) groups excluding carboxylic acids is 1. The fourth-order valence-electron chi connectivity index (χ4n) is 3.88. The summed E-state index contributed by atoms with van der Waals surface area (Å²) in [5.41, 5.74) is 4.78. The number of amidine groups is 1. The molecule has 1 fully saturated rings. The first-order chi connectivity index (χ1) is 19.2. The van der Waals surface area contributed by atoms with E-state index in [1.807, 2.05) is 62.4 Å². The Labute approximate surface area is 254 Å². The first-order valence-corrected chi connectivity index (χ1v) is 14.6. The Morgan fingerprint density at radius 3 is 2.33 bits per heavy atom. The fraction of sp³-hybridized carbons (Fsp3) is 0.0968. The number of nitrogens with zero attached hydrogens (tertiary/aromatic N) is 2. The van der Waals surface area contributed by atoms with Crippen molar-refractivity contribution in [2.75, 3.05) is 4.90 Å². The summed E-state index contributed by atoms with van der Waals surface area (Å²) in [4.78, 5) is 20.5. The van der Waals surface area contributed by atoms with Crippen molar-refractivity contribution >= 4 is 79.4 Å². The van der Waals surface area contributed by atoms with Crippen LogP contribution in [0.2, 0.25) is 10.0 Å². The summed E-state index contributed by atoms with van der Waals surface area (Å²) >= 11 is 17.6. The van der Waals surface area contributed by atoms with Gasteiger partial charge in [0.15, 0.2) is 5.17 Å². The molecule has 1 heterocycles. The van der Waals surface area contributed by atoms with Crippen molar-refractivity contribution < 1.29 is 13.9 Å². The van der Waals surface area contributed by atoms with Crippen LogP contribution in [-0.4, -0.2) is 11.1 Å². The molecule has 0 atom stereocenters. The number of anilines is 1. The highest BCUT2D eigenvalue weighted by molar-refractivity contribution is 9.10. The minimum atomic E-state index is -0.290. The summed E-state index contributed by atoms with van der Waals surface area (Å²) in [5.74, 6) is 0.127. The number of benzene rings is 4. The van der Waals surface area contributed by atoms with E-state index in [2.05, 4.69) is 15.9 Å². The quantitative estimate of drug-likeness (QED) is 0.194. The van der Waals surface area contributed by atoms with Crippen LogP contribution in [0.4, 0.5) is 15.8 Å². The first kappa shape index (κ1) is 28.4. The Balaban J connectivity index is 1.44. The van der Waals surface area contributed by atoms with E-state index in [-0.39, 0.29) is 11.7 Å². The zero-order chi connectivity index (χ0) is 28.4. The number of thioether (sulfide) groups is 1. The lowest BCUT2D eigenvalue weighted by molar-refractivity contribution is -0.113. The standard InChI is InChI=1S/C31H22BrCl2FN2O2S/c1-18-3-10-23(15-26(18)33)36-31-37(24-11-4-19(2)27(34)16-24)30(38)29(40-31)14-21-7-12-28(25(32)13-21)39-17-20-5-8-22(35)9-6-20/h3-16H,17H2,1-2H3/b29-14+,36-31?. The SMILES string of the molecule is Cc1ccc(N=C2S/C(=C/c3ccc(OCc4ccc(F)cc4)c(Br)c3)C(=O)N2c2ccc(C)c(Cl)c2)cc1Cl. The van der Waals surface area contributed by atoms with Gasteiger partial charge in [0.05, 0.1) is 20.8 Å². The minimum absolute atomic E-state index is 0.213. The maximum absolute atomic E-state index is 13.7. The lowest BCUT2D eigenvalue weighted by Gasteiger charge is -2.16. The largest absolute Gasteiger partial charge is 0.488 e. The Morgan fingerprint density at radius 2 is 1.65 bits per heavy atom. The molecule has 4 aromatic rings. The van der Waals surface area contributed by atoms with Gasteiger partial charge in [-0.3, -0.25) is 9.69 Å². The molecule has 9 heteroatoms. The Bertz CT molecular complexity index is 1670. The first-order valence-electron chi connectivity index (χ1n) is 12.2. The minimum Gasteiger partial charge on any atom is -0.488 e. The number of carbonyl (C=O) groups is 1. The van der Waals surface area contributed by atoms with Gasteiger partial charge >= 0.3 is 0 Å². The van der Waals surface area contributed by atoms with Crippen LogP contribution in [0, 0.1) is 19.7 Å². The average Bonchev–Trinajstić information content (AvgIpc) is 3.22. The Morgan fingerprint density at radius 1 is 0.950 bits per heavy atom. The summed E-state index contributed by atoms with van der Waals surface area (Å²) in [6, 6.07) is 22.8. The predicted molar refractivity (Wildman–Crippen MR) is 167 cm³/mol. The van der Waals surface area contributed by atoms with Gasteiger partial charge in [0, 0.05) is 10.0 Å². The third kappa shape index (κ3) is 6.44. The van der Waals surface area contributed by atoms with Crippen LogP contribution in [0.3, 0.4) is 0 Å². The Kier molecular flexibility index (Phi) is 8.66. The third-order valence-corrected chi connectivity index (χ3v) is 8.56. The number of halogens is 4. The lowest BCUT2D eigenvalue weighted by Crippen LogP contribution is -2.28. The topological polar surface area (TPSA) is 41.9 Å². The van der Waals surface area contributed by atoms with Crippen molar-refractivity contribution in [1.82, 2.24) is 0 Å². The number of rotatable bonds is 6. The summed E-state index contributed by atoms with van der Waals surface area (Å²) in [6.45, 7) is 4.13. The van der Waals surface area contributed by atoms with Gasteiger partial charge < -0.3 is 4.74 Å². The molecular formula is C31H22BrCl2FN2O2S. The zero-order valence-electron chi connectivity index (χ0n) is 21.4. The van der Waals surface area contributed by atoms with E-state index in [9.17, 15) is 9.18 Å². The van der Waals surface area contributed by atoms with Crippen molar-refractivity contribution in [2.45, 2.75) is 20.5 Å². The number of amides is 1. The summed E-state index contributed by atoms with van der Waals surface area (Å²) in [5, 5.41) is 1.66. The maximum Gasteiger partial charge on any atom is 0.271 e. The average molecular weight is 656 g/mol. The second-order valence-electron chi connectivity index (χ2n) is 9.12. The molecule has 0 aliphatic carbocycles. The Hall–Kier alpha value is -3.10.